The summed E-state index contributed by atoms with van der Waals surface area (Å²) < 4.78 is 16.6. The van der Waals surface area contributed by atoms with E-state index < -0.39 is 11.9 Å². The Labute approximate surface area is 193 Å². The van der Waals surface area contributed by atoms with Gasteiger partial charge in [0.15, 0.2) is 6.29 Å². The van der Waals surface area contributed by atoms with Gasteiger partial charge >= 0.3 is 5.97 Å². The minimum atomic E-state index is -0.850. The van der Waals surface area contributed by atoms with Crippen LogP contribution in [0.25, 0.3) is 0 Å². The van der Waals surface area contributed by atoms with Crippen molar-refractivity contribution in [3.63, 3.8) is 0 Å². The summed E-state index contributed by atoms with van der Waals surface area (Å²) in [7, 11) is 1.49. The molecule has 32 heavy (non-hydrogen) atoms. The maximum Gasteiger partial charge on any atom is 0.306 e. The van der Waals surface area contributed by atoms with Gasteiger partial charge in [0, 0.05) is 24.5 Å². The molecule has 0 aromatic carbocycles. The fraction of sp³-hybridized carbons (Fsp3) is 0.846. The second kappa shape index (κ2) is 9.84. The van der Waals surface area contributed by atoms with Gasteiger partial charge in [-0.1, -0.05) is 25.9 Å². The monoisotopic (exact) mass is 449 g/mol. The molecule has 1 aromatic rings. The van der Waals surface area contributed by atoms with Crippen LogP contribution in [0.1, 0.15) is 128 Å². The van der Waals surface area contributed by atoms with Crippen molar-refractivity contribution in [3.8, 4) is 0 Å². The van der Waals surface area contributed by atoms with Crippen LogP contribution in [-0.2, 0) is 14.3 Å². The Kier molecular flexibility index (Phi) is 7.76. The molecule has 2 aliphatic rings. The number of aliphatic hydroxyl groups excluding tert-OH is 1. The number of esters is 1. The number of carbonyl (C=O) groups excluding carboxylic acids is 1. The summed E-state index contributed by atoms with van der Waals surface area (Å²) >= 11 is 0. The highest BCUT2D eigenvalue weighted by Crippen LogP contribution is 2.53. The number of aromatic nitrogens is 1. The Bertz CT molecular complexity index is 762. The molecule has 6 nitrogen and oxygen atoms in total. The lowest BCUT2D eigenvalue weighted by Gasteiger charge is -2.38. The topological polar surface area (TPSA) is 81.8 Å². The second-order valence-electron chi connectivity index (χ2n) is 12.2. The summed E-state index contributed by atoms with van der Waals surface area (Å²) in [6, 6.07) is 0. The molecule has 1 aromatic heterocycles. The highest BCUT2D eigenvalue weighted by molar-refractivity contribution is 5.71. The van der Waals surface area contributed by atoms with Gasteiger partial charge in [-0.15, -0.1) is 0 Å². The molecule has 0 radical (unpaired) electrons. The van der Waals surface area contributed by atoms with E-state index >= 15 is 0 Å². The van der Waals surface area contributed by atoms with Gasteiger partial charge in [0.1, 0.15) is 11.4 Å². The van der Waals surface area contributed by atoms with Crippen molar-refractivity contribution in [2.24, 2.45) is 11.3 Å². The Morgan fingerprint density at radius 2 is 1.78 bits per heavy atom. The summed E-state index contributed by atoms with van der Waals surface area (Å²) in [6.45, 7) is 12.5. The van der Waals surface area contributed by atoms with E-state index in [1.54, 1.807) is 0 Å². The van der Waals surface area contributed by atoms with E-state index in [1.807, 2.05) is 20.8 Å². The lowest BCUT2D eigenvalue weighted by molar-refractivity contribution is -0.155. The zero-order valence-corrected chi connectivity index (χ0v) is 21.1. The van der Waals surface area contributed by atoms with Gasteiger partial charge in [0.25, 0.3) is 0 Å². The van der Waals surface area contributed by atoms with Crippen LogP contribution in [0.2, 0.25) is 0 Å². The van der Waals surface area contributed by atoms with Crippen molar-refractivity contribution in [3.05, 3.63) is 17.0 Å². The van der Waals surface area contributed by atoms with Crippen LogP contribution in [0.3, 0.4) is 0 Å². The van der Waals surface area contributed by atoms with Crippen LogP contribution in [0.15, 0.2) is 4.52 Å². The van der Waals surface area contributed by atoms with Gasteiger partial charge in [0.05, 0.1) is 12.1 Å². The number of ether oxygens (including phenoxy) is 2. The average Bonchev–Trinajstić information content (AvgIpc) is 3.37. The molecular formula is C26H43NO5. The second-order valence-corrected chi connectivity index (χ2v) is 12.2. The maximum absolute atomic E-state index is 12.7. The molecule has 2 atom stereocenters. The van der Waals surface area contributed by atoms with Crippen LogP contribution in [0, 0.1) is 11.3 Å². The molecule has 2 unspecified atom stereocenters. The highest BCUT2D eigenvalue weighted by Gasteiger charge is 2.42. The molecule has 1 N–H and O–H groups in total. The minimum Gasteiger partial charge on any atom is -0.460 e. The molecule has 1 heterocycles. The van der Waals surface area contributed by atoms with Crippen LogP contribution < -0.4 is 0 Å². The standard InChI is InChI=1S/C26H43NO5/c1-25(2,3)15-16-12-19(13-16)24-22(17-8-9-17)23(27-32-24)18(10-11-20(28)30-7)14-21(29)31-26(4,5)6/h16-20,28H,8-15H2,1-7H3. The number of hydrogen-bond acceptors (Lipinski definition) is 6. The van der Waals surface area contributed by atoms with Crippen molar-refractivity contribution in [2.75, 3.05) is 7.11 Å². The Balaban J connectivity index is 1.77. The first-order valence-corrected chi connectivity index (χ1v) is 12.3. The first kappa shape index (κ1) is 25.2. The van der Waals surface area contributed by atoms with Gasteiger partial charge < -0.3 is 19.1 Å². The van der Waals surface area contributed by atoms with Gasteiger partial charge in [0.2, 0.25) is 0 Å². The van der Waals surface area contributed by atoms with E-state index in [0.717, 1.165) is 43.1 Å². The van der Waals surface area contributed by atoms with Crippen molar-refractivity contribution < 1.29 is 23.9 Å². The normalized spacial score (nSPS) is 23.5. The van der Waals surface area contributed by atoms with Gasteiger partial charge in [-0.05, 0) is 83.0 Å². The molecule has 0 spiro atoms. The van der Waals surface area contributed by atoms with E-state index in [9.17, 15) is 9.90 Å². The van der Waals surface area contributed by atoms with Crippen LogP contribution in [-0.4, -0.2) is 35.2 Å². The Morgan fingerprint density at radius 1 is 1.12 bits per heavy atom. The lowest BCUT2D eigenvalue weighted by Crippen LogP contribution is -2.26. The van der Waals surface area contributed by atoms with E-state index in [1.165, 1.54) is 19.1 Å². The van der Waals surface area contributed by atoms with Crippen LogP contribution in [0.5, 0.6) is 0 Å². The third kappa shape index (κ3) is 7.05. The summed E-state index contributed by atoms with van der Waals surface area (Å²) in [5.74, 6) is 2.33. The van der Waals surface area contributed by atoms with Crippen molar-refractivity contribution in [1.29, 1.82) is 0 Å². The van der Waals surface area contributed by atoms with E-state index in [0.29, 0.717) is 30.1 Å². The number of carbonyl (C=O) groups is 1. The molecule has 6 heteroatoms. The Morgan fingerprint density at radius 3 is 2.31 bits per heavy atom. The smallest absolute Gasteiger partial charge is 0.306 e. The molecule has 2 aliphatic carbocycles. The molecule has 0 bridgehead atoms. The van der Waals surface area contributed by atoms with E-state index in [4.69, 9.17) is 14.0 Å². The van der Waals surface area contributed by atoms with Crippen molar-refractivity contribution >= 4 is 5.97 Å². The molecule has 3 rings (SSSR count). The summed E-state index contributed by atoms with van der Waals surface area (Å²) in [6.07, 6.45) is 6.27. The third-order valence-electron chi connectivity index (χ3n) is 6.53. The SMILES string of the molecule is COC(O)CCC(CC(=O)OC(C)(C)C)c1noc(C2CC(CC(C)(C)C)C2)c1C1CC1. The highest BCUT2D eigenvalue weighted by atomic mass is 16.6. The van der Waals surface area contributed by atoms with Crippen LogP contribution in [0.4, 0.5) is 0 Å². The molecule has 2 fully saturated rings. The molecule has 2 saturated carbocycles. The zero-order valence-electron chi connectivity index (χ0n) is 21.1. The molecule has 0 aliphatic heterocycles. The maximum atomic E-state index is 12.7. The van der Waals surface area contributed by atoms with E-state index in [-0.39, 0.29) is 18.3 Å². The molecule has 182 valence electrons. The van der Waals surface area contributed by atoms with Crippen molar-refractivity contribution in [1.82, 2.24) is 5.16 Å². The summed E-state index contributed by atoms with van der Waals surface area (Å²) in [5.41, 5.74) is 1.96. The average molecular weight is 450 g/mol. The van der Waals surface area contributed by atoms with Crippen molar-refractivity contribution in [2.45, 2.75) is 123 Å². The fourth-order valence-electron chi connectivity index (χ4n) is 5.06. The zero-order chi connectivity index (χ0) is 23.7. The molecular weight excluding hydrogens is 406 g/mol. The van der Waals surface area contributed by atoms with Gasteiger partial charge in [-0.2, -0.15) is 0 Å². The first-order valence-electron chi connectivity index (χ1n) is 12.3. The number of aliphatic hydroxyl groups is 1. The predicted molar refractivity (Wildman–Crippen MR) is 123 cm³/mol. The van der Waals surface area contributed by atoms with Crippen LogP contribution >= 0.6 is 0 Å². The first-order chi connectivity index (χ1) is 14.9. The number of methoxy groups -OCH3 is 1. The van der Waals surface area contributed by atoms with Gasteiger partial charge in [-0.25, -0.2) is 0 Å². The lowest BCUT2D eigenvalue weighted by atomic mass is 9.66. The fourth-order valence-corrected chi connectivity index (χ4v) is 5.06. The number of nitrogens with zero attached hydrogens (tertiary/aromatic N) is 1. The molecule has 0 amide bonds. The number of rotatable bonds is 10. The molecule has 0 saturated heterocycles. The predicted octanol–water partition coefficient (Wildman–Crippen LogP) is 6.04. The largest absolute Gasteiger partial charge is 0.460 e. The minimum absolute atomic E-state index is 0.145. The Hall–Kier alpha value is -1.40. The quantitative estimate of drug-likeness (QED) is 0.346. The summed E-state index contributed by atoms with van der Waals surface area (Å²) in [4.78, 5) is 12.7. The number of hydrogen-bond donors (Lipinski definition) is 1. The summed E-state index contributed by atoms with van der Waals surface area (Å²) in [5, 5.41) is 14.5. The van der Waals surface area contributed by atoms with Gasteiger partial charge in [-0.3, -0.25) is 4.79 Å². The third-order valence-corrected chi connectivity index (χ3v) is 6.53. The van der Waals surface area contributed by atoms with E-state index in [2.05, 4.69) is 25.9 Å².